The number of hydrogen-bond donors (Lipinski definition) is 2. The molecule has 2 N–H and O–H groups in total. The Labute approximate surface area is 189 Å². The van der Waals surface area contributed by atoms with Gasteiger partial charge in [0.1, 0.15) is 0 Å². The first-order valence-corrected chi connectivity index (χ1v) is 12.3. The molecule has 0 saturated heterocycles. The molecule has 0 spiro atoms. The highest BCUT2D eigenvalue weighted by molar-refractivity contribution is 5.91. The summed E-state index contributed by atoms with van der Waals surface area (Å²) in [6, 6.07) is 6.96. The molecule has 1 aromatic rings. The molecule has 1 rings (SSSR count). The summed E-state index contributed by atoms with van der Waals surface area (Å²) in [5.41, 5.74) is 1.31. The molecule has 0 heterocycles. The van der Waals surface area contributed by atoms with Gasteiger partial charge in [0.25, 0.3) is 0 Å². The highest BCUT2D eigenvalue weighted by Crippen LogP contribution is 2.14. The number of benzene rings is 1. The largest absolute Gasteiger partial charge is 0.479 e. The van der Waals surface area contributed by atoms with Crippen molar-refractivity contribution >= 4 is 17.6 Å². The Balaban J connectivity index is 1.97. The Morgan fingerprint density at radius 2 is 1.26 bits per heavy atom. The summed E-state index contributed by atoms with van der Waals surface area (Å²) >= 11 is 0. The first-order valence-electron chi connectivity index (χ1n) is 12.3. The molecule has 0 amide bonds. The lowest BCUT2D eigenvalue weighted by Crippen LogP contribution is -2.23. The third-order valence-electron chi connectivity index (χ3n) is 5.61. The molecule has 176 valence electrons. The van der Waals surface area contributed by atoms with Crippen molar-refractivity contribution in [2.75, 3.05) is 11.9 Å². The second kappa shape index (κ2) is 17.6. The van der Waals surface area contributed by atoms with E-state index in [1.807, 2.05) is 12.1 Å². The number of carbonyl (C=O) groups excluding carboxylic acids is 1. The van der Waals surface area contributed by atoms with E-state index in [0.717, 1.165) is 18.7 Å². The second-order valence-electron chi connectivity index (χ2n) is 8.49. The van der Waals surface area contributed by atoms with Crippen molar-refractivity contribution < 1.29 is 19.4 Å². The summed E-state index contributed by atoms with van der Waals surface area (Å²) in [5.74, 6) is -1.77. The summed E-state index contributed by atoms with van der Waals surface area (Å²) in [6.07, 6.45) is 17.8. The number of ether oxygens (including phenoxy) is 1. The molecule has 0 saturated carbocycles. The van der Waals surface area contributed by atoms with Gasteiger partial charge in [0.2, 0.25) is 0 Å². The zero-order valence-electron chi connectivity index (χ0n) is 19.7. The van der Waals surface area contributed by atoms with Crippen molar-refractivity contribution in [1.82, 2.24) is 0 Å². The van der Waals surface area contributed by atoms with Crippen molar-refractivity contribution in [2.24, 2.45) is 0 Å². The van der Waals surface area contributed by atoms with Gasteiger partial charge in [-0.2, -0.15) is 0 Å². The van der Waals surface area contributed by atoms with E-state index in [1.54, 1.807) is 12.1 Å². The molecule has 5 heteroatoms. The number of nitrogens with one attached hydrogen (secondary N) is 1. The van der Waals surface area contributed by atoms with Crippen LogP contribution < -0.4 is 5.32 Å². The minimum absolute atomic E-state index is 0.357. The van der Waals surface area contributed by atoms with Crippen molar-refractivity contribution in [1.29, 1.82) is 0 Å². The summed E-state index contributed by atoms with van der Waals surface area (Å²) < 4.78 is 4.87. The topological polar surface area (TPSA) is 75.6 Å². The molecule has 0 aliphatic heterocycles. The van der Waals surface area contributed by atoms with Gasteiger partial charge < -0.3 is 15.2 Å². The first-order chi connectivity index (χ1) is 15.0. The van der Waals surface area contributed by atoms with Crippen molar-refractivity contribution in [2.45, 2.75) is 110 Å². The van der Waals surface area contributed by atoms with Crippen LogP contribution in [0.4, 0.5) is 5.69 Å². The number of hydrogen-bond acceptors (Lipinski definition) is 4. The smallest absolute Gasteiger partial charge is 0.344 e. The van der Waals surface area contributed by atoms with Gasteiger partial charge in [-0.3, -0.25) is 0 Å². The molecule has 1 atom stereocenters. The van der Waals surface area contributed by atoms with E-state index >= 15 is 0 Å². The molecule has 0 aliphatic carbocycles. The number of rotatable bonds is 19. The fourth-order valence-electron chi connectivity index (χ4n) is 3.56. The van der Waals surface area contributed by atoms with E-state index in [-0.39, 0.29) is 0 Å². The maximum absolute atomic E-state index is 11.9. The lowest BCUT2D eigenvalue weighted by molar-refractivity contribution is -0.146. The number of esters is 1. The fourth-order valence-corrected chi connectivity index (χ4v) is 3.56. The van der Waals surface area contributed by atoms with Crippen LogP contribution in [-0.2, 0) is 9.53 Å². The third-order valence-corrected chi connectivity index (χ3v) is 5.61. The van der Waals surface area contributed by atoms with Crippen LogP contribution in [0.2, 0.25) is 0 Å². The number of aliphatic carboxylic acids is 1. The molecular weight excluding hydrogens is 390 g/mol. The number of carbonyl (C=O) groups is 2. The van der Waals surface area contributed by atoms with Crippen LogP contribution in [0, 0.1) is 0 Å². The number of carboxylic acids is 1. The maximum atomic E-state index is 11.9. The molecular formula is C26H43NO4. The van der Waals surface area contributed by atoms with Gasteiger partial charge in [0.15, 0.2) is 6.10 Å². The zero-order chi connectivity index (χ0) is 22.7. The van der Waals surface area contributed by atoms with Crippen molar-refractivity contribution in [3.8, 4) is 0 Å². The van der Waals surface area contributed by atoms with E-state index in [0.29, 0.717) is 5.56 Å². The SMILES string of the molecule is CCCCCCCCCCCCCCCCNc1ccc(C(=O)OC(C)C(=O)O)cc1. The second-order valence-corrected chi connectivity index (χ2v) is 8.49. The molecule has 0 aliphatic rings. The molecule has 0 bridgehead atoms. The van der Waals surface area contributed by atoms with E-state index in [1.165, 1.54) is 90.4 Å². The summed E-state index contributed by atoms with van der Waals surface area (Å²) in [6.45, 7) is 4.52. The lowest BCUT2D eigenvalue weighted by atomic mass is 10.0. The van der Waals surface area contributed by atoms with Gasteiger partial charge in [0, 0.05) is 12.2 Å². The van der Waals surface area contributed by atoms with E-state index in [2.05, 4.69) is 12.2 Å². The van der Waals surface area contributed by atoms with Gasteiger partial charge in [-0.25, -0.2) is 9.59 Å². The Morgan fingerprint density at radius 1 is 0.806 bits per heavy atom. The zero-order valence-corrected chi connectivity index (χ0v) is 19.7. The van der Waals surface area contributed by atoms with Crippen LogP contribution in [0.15, 0.2) is 24.3 Å². The molecule has 1 aromatic carbocycles. The quantitative estimate of drug-likeness (QED) is 0.178. The summed E-state index contributed by atoms with van der Waals surface area (Å²) in [5, 5.41) is 12.2. The molecule has 0 fully saturated rings. The van der Waals surface area contributed by atoms with Gasteiger partial charge >= 0.3 is 11.9 Å². The van der Waals surface area contributed by atoms with E-state index < -0.39 is 18.0 Å². The van der Waals surface area contributed by atoms with Crippen molar-refractivity contribution in [3.63, 3.8) is 0 Å². The molecule has 0 aromatic heterocycles. The van der Waals surface area contributed by atoms with Gasteiger partial charge in [-0.05, 0) is 37.6 Å². The van der Waals surface area contributed by atoms with E-state index in [4.69, 9.17) is 9.84 Å². The summed E-state index contributed by atoms with van der Waals surface area (Å²) in [4.78, 5) is 22.6. The predicted molar refractivity (Wildman–Crippen MR) is 128 cm³/mol. The molecule has 5 nitrogen and oxygen atoms in total. The van der Waals surface area contributed by atoms with Crippen LogP contribution in [0.5, 0.6) is 0 Å². The van der Waals surface area contributed by atoms with Crippen LogP contribution in [-0.4, -0.2) is 29.7 Å². The third kappa shape index (κ3) is 13.8. The average Bonchev–Trinajstić information content (AvgIpc) is 2.76. The molecule has 1 unspecified atom stereocenters. The Hall–Kier alpha value is -2.04. The number of unbranched alkanes of at least 4 members (excludes halogenated alkanes) is 13. The average molecular weight is 434 g/mol. The Kier molecular flexibility index (Phi) is 15.3. The Bertz CT molecular complexity index is 600. The van der Waals surface area contributed by atoms with Gasteiger partial charge in [-0.1, -0.05) is 90.4 Å². The summed E-state index contributed by atoms with van der Waals surface area (Å²) in [7, 11) is 0. The predicted octanol–water partition coefficient (Wildman–Crippen LogP) is 7.21. The highest BCUT2D eigenvalue weighted by atomic mass is 16.6. The lowest BCUT2D eigenvalue weighted by Gasteiger charge is -2.10. The normalized spacial score (nSPS) is 11.8. The van der Waals surface area contributed by atoms with E-state index in [9.17, 15) is 9.59 Å². The van der Waals surface area contributed by atoms with Gasteiger partial charge in [-0.15, -0.1) is 0 Å². The standard InChI is InChI=1S/C26H43NO4/c1-3-4-5-6-7-8-9-10-11-12-13-14-15-16-21-27-24-19-17-23(18-20-24)26(30)31-22(2)25(28)29/h17-20,22,27H,3-16,21H2,1-2H3,(H,28,29). The molecule has 0 radical (unpaired) electrons. The number of carboxylic acid groups (broad SMARTS) is 1. The van der Waals surface area contributed by atoms with Crippen LogP contribution >= 0.6 is 0 Å². The number of anilines is 1. The monoisotopic (exact) mass is 433 g/mol. The first kappa shape index (κ1) is 27.0. The van der Waals surface area contributed by atoms with Gasteiger partial charge in [0.05, 0.1) is 5.56 Å². The van der Waals surface area contributed by atoms with Crippen LogP contribution in [0.1, 0.15) is 114 Å². The van der Waals surface area contributed by atoms with Crippen molar-refractivity contribution in [3.05, 3.63) is 29.8 Å². The van der Waals surface area contributed by atoms with Crippen LogP contribution in [0.3, 0.4) is 0 Å². The molecule has 31 heavy (non-hydrogen) atoms. The minimum atomic E-state index is -1.15. The maximum Gasteiger partial charge on any atom is 0.344 e. The fraction of sp³-hybridized carbons (Fsp3) is 0.692. The highest BCUT2D eigenvalue weighted by Gasteiger charge is 2.17. The minimum Gasteiger partial charge on any atom is -0.479 e. The van der Waals surface area contributed by atoms with Crippen LogP contribution in [0.25, 0.3) is 0 Å². The Morgan fingerprint density at radius 3 is 1.71 bits per heavy atom.